The van der Waals surface area contributed by atoms with E-state index in [1.807, 2.05) is 0 Å². The Hall–Kier alpha value is -2.49. The number of sulfone groups is 1. The highest BCUT2D eigenvalue weighted by atomic mass is 32.2. The minimum atomic E-state index is -3.88. The van der Waals surface area contributed by atoms with Crippen molar-refractivity contribution < 1.29 is 18.1 Å². The first-order valence-electron chi connectivity index (χ1n) is 6.15. The molecule has 0 aliphatic rings. The Kier molecular flexibility index (Phi) is 4.87. The van der Waals surface area contributed by atoms with E-state index in [1.54, 1.807) is 0 Å². The molecular formula is C12H16N4O5S. The van der Waals surface area contributed by atoms with Crippen molar-refractivity contribution in [1.29, 1.82) is 0 Å². The van der Waals surface area contributed by atoms with Crippen LogP contribution >= 0.6 is 0 Å². The van der Waals surface area contributed by atoms with E-state index in [0.29, 0.717) is 0 Å². The maximum atomic E-state index is 12.2. The molecule has 1 aromatic rings. The summed E-state index contributed by atoms with van der Waals surface area (Å²) in [6.45, 7) is 4.26. The number of benzene rings is 1. The molecule has 0 atom stereocenters. The van der Waals surface area contributed by atoms with Gasteiger partial charge in [0.15, 0.2) is 15.8 Å². The second-order valence-electron chi connectivity index (χ2n) is 4.83. The quantitative estimate of drug-likeness (QED) is 0.352. The van der Waals surface area contributed by atoms with Gasteiger partial charge < -0.3 is 11.5 Å². The summed E-state index contributed by atoms with van der Waals surface area (Å²) in [6, 6.07) is 1.96. The van der Waals surface area contributed by atoms with Gasteiger partial charge in [0.05, 0.1) is 15.7 Å². The van der Waals surface area contributed by atoms with E-state index in [1.165, 1.54) is 20.8 Å². The van der Waals surface area contributed by atoms with Crippen molar-refractivity contribution in [3.8, 4) is 0 Å². The molecule has 0 aliphatic carbocycles. The summed E-state index contributed by atoms with van der Waals surface area (Å²) in [5.74, 6) is -1.37. The first-order chi connectivity index (χ1) is 9.98. The number of nitro benzene ring substituents is 1. The van der Waals surface area contributed by atoms with Crippen LogP contribution in [0.4, 0.5) is 5.69 Å². The van der Waals surface area contributed by atoms with Crippen molar-refractivity contribution in [2.75, 3.05) is 0 Å². The minimum Gasteiger partial charge on any atom is -0.370 e. The van der Waals surface area contributed by atoms with Gasteiger partial charge in [0.25, 0.3) is 11.6 Å². The molecule has 22 heavy (non-hydrogen) atoms. The van der Waals surface area contributed by atoms with E-state index >= 15 is 0 Å². The fourth-order valence-electron chi connectivity index (χ4n) is 1.70. The molecule has 0 unspecified atom stereocenters. The van der Waals surface area contributed by atoms with Crippen LogP contribution in [0.5, 0.6) is 0 Å². The molecule has 1 aromatic carbocycles. The van der Waals surface area contributed by atoms with Crippen LogP contribution in [0.25, 0.3) is 0 Å². The Balaban J connectivity index is 3.67. The van der Waals surface area contributed by atoms with Crippen molar-refractivity contribution in [2.24, 2.45) is 16.5 Å². The Morgan fingerprint density at radius 2 is 1.86 bits per heavy atom. The van der Waals surface area contributed by atoms with E-state index in [9.17, 15) is 23.3 Å². The molecule has 0 bridgehead atoms. The van der Waals surface area contributed by atoms with Crippen LogP contribution in [0.2, 0.25) is 0 Å². The molecule has 0 saturated carbocycles. The van der Waals surface area contributed by atoms with Crippen LogP contribution in [0.15, 0.2) is 22.0 Å². The summed E-state index contributed by atoms with van der Waals surface area (Å²) in [7, 11) is -3.88. The van der Waals surface area contributed by atoms with Gasteiger partial charge in [0.2, 0.25) is 0 Å². The van der Waals surface area contributed by atoms with Gasteiger partial charge in [-0.2, -0.15) is 4.99 Å². The highest BCUT2D eigenvalue weighted by molar-refractivity contribution is 7.92. The number of hydrogen-bond acceptors (Lipinski definition) is 5. The number of nitro groups is 1. The topological polar surface area (TPSA) is 159 Å². The van der Waals surface area contributed by atoms with Gasteiger partial charge in [-0.15, -0.1) is 0 Å². The number of carbonyl (C=O) groups is 1. The Morgan fingerprint density at radius 3 is 2.27 bits per heavy atom. The zero-order valence-electron chi connectivity index (χ0n) is 12.2. The van der Waals surface area contributed by atoms with E-state index < -0.39 is 42.5 Å². The monoisotopic (exact) mass is 328 g/mol. The van der Waals surface area contributed by atoms with Gasteiger partial charge in [0, 0.05) is 6.07 Å². The number of aliphatic imine (C=N–C) groups is 1. The first-order valence-corrected chi connectivity index (χ1v) is 7.70. The summed E-state index contributed by atoms with van der Waals surface area (Å²) < 4.78 is 24.4. The summed E-state index contributed by atoms with van der Waals surface area (Å²) in [6.07, 6.45) is 0. The average Bonchev–Trinajstić information content (AvgIpc) is 2.36. The van der Waals surface area contributed by atoms with Crippen molar-refractivity contribution in [1.82, 2.24) is 0 Å². The molecule has 1 rings (SSSR count). The molecule has 0 radical (unpaired) electrons. The highest BCUT2D eigenvalue weighted by Gasteiger charge is 2.30. The van der Waals surface area contributed by atoms with Gasteiger partial charge in [0.1, 0.15) is 4.90 Å². The third kappa shape index (κ3) is 3.39. The maximum Gasteiger partial charge on any atom is 0.288 e. The number of nitrogens with two attached hydrogens (primary N) is 2. The van der Waals surface area contributed by atoms with Crippen molar-refractivity contribution in [3.05, 3.63) is 33.4 Å². The fraction of sp³-hybridized carbons (Fsp3) is 0.333. The molecule has 0 spiro atoms. The van der Waals surface area contributed by atoms with Crippen LogP contribution < -0.4 is 11.5 Å². The molecule has 4 N–H and O–H groups in total. The van der Waals surface area contributed by atoms with Gasteiger partial charge in [-0.25, -0.2) is 8.42 Å². The molecule has 0 saturated heterocycles. The van der Waals surface area contributed by atoms with Crippen molar-refractivity contribution in [2.45, 2.75) is 30.9 Å². The third-order valence-electron chi connectivity index (χ3n) is 2.89. The second-order valence-corrected chi connectivity index (χ2v) is 7.30. The number of aryl methyl sites for hydroxylation is 1. The first kappa shape index (κ1) is 17.6. The zero-order valence-corrected chi connectivity index (χ0v) is 13.0. The van der Waals surface area contributed by atoms with Crippen LogP contribution in [0.1, 0.15) is 29.8 Å². The summed E-state index contributed by atoms with van der Waals surface area (Å²) in [5, 5.41) is 10.3. The fourth-order valence-corrected chi connectivity index (χ4v) is 2.98. The molecule has 0 fully saturated rings. The highest BCUT2D eigenvalue weighted by Crippen LogP contribution is 2.30. The lowest BCUT2D eigenvalue weighted by molar-refractivity contribution is -0.387. The normalized spacial score (nSPS) is 11.3. The lowest BCUT2D eigenvalue weighted by Crippen LogP contribution is -2.24. The summed E-state index contributed by atoms with van der Waals surface area (Å²) in [5.41, 5.74) is 9.59. The summed E-state index contributed by atoms with van der Waals surface area (Å²) in [4.78, 5) is 25.0. The summed E-state index contributed by atoms with van der Waals surface area (Å²) >= 11 is 0. The van der Waals surface area contributed by atoms with Gasteiger partial charge in [-0.1, -0.05) is 0 Å². The average molecular weight is 328 g/mol. The van der Waals surface area contributed by atoms with E-state index in [-0.39, 0.29) is 11.1 Å². The molecule has 0 aromatic heterocycles. The van der Waals surface area contributed by atoms with E-state index in [0.717, 1.165) is 12.1 Å². The van der Waals surface area contributed by atoms with E-state index in [2.05, 4.69) is 4.99 Å². The molecule has 0 heterocycles. The predicted octanol–water partition coefficient (Wildman–Crippen LogP) is 0.499. The molecule has 120 valence electrons. The van der Waals surface area contributed by atoms with Gasteiger partial charge in [-0.3, -0.25) is 14.9 Å². The Bertz CT molecular complexity index is 764. The van der Waals surface area contributed by atoms with Gasteiger partial charge in [-0.05, 0) is 32.4 Å². The maximum absolute atomic E-state index is 12.2. The predicted molar refractivity (Wildman–Crippen MR) is 80.3 cm³/mol. The van der Waals surface area contributed by atoms with Gasteiger partial charge >= 0.3 is 0 Å². The third-order valence-corrected chi connectivity index (χ3v) is 5.07. The lowest BCUT2D eigenvalue weighted by Gasteiger charge is -2.11. The minimum absolute atomic E-state index is 0.136. The standard InChI is InChI=1S/C12H16N4O5S/c1-6(2)22(20,21)10-4-7(3)8(5-9(10)16(18)19)11(17)15-12(13)14/h4-6H,1-3H3,(H4,13,14,15,17). The molecule has 9 nitrogen and oxygen atoms in total. The number of guanidine groups is 1. The Morgan fingerprint density at radius 1 is 1.32 bits per heavy atom. The smallest absolute Gasteiger partial charge is 0.288 e. The zero-order chi connectivity index (χ0) is 17.2. The lowest BCUT2D eigenvalue weighted by atomic mass is 10.1. The number of carbonyl (C=O) groups excluding carboxylic acids is 1. The van der Waals surface area contributed by atoms with Crippen LogP contribution in [-0.4, -0.2) is 30.5 Å². The number of nitrogens with zero attached hydrogens (tertiary/aromatic N) is 2. The van der Waals surface area contributed by atoms with Crippen LogP contribution in [0, 0.1) is 17.0 Å². The molecule has 10 heteroatoms. The molecule has 1 amide bonds. The largest absolute Gasteiger partial charge is 0.370 e. The Labute approximate surface area is 127 Å². The van der Waals surface area contributed by atoms with Crippen molar-refractivity contribution in [3.63, 3.8) is 0 Å². The SMILES string of the molecule is Cc1cc(S(=O)(=O)C(C)C)c([N+](=O)[O-])cc1C(=O)N=C(N)N. The molecule has 0 aliphatic heterocycles. The second kappa shape index (κ2) is 6.10. The molecular weight excluding hydrogens is 312 g/mol. The van der Waals surface area contributed by atoms with Crippen molar-refractivity contribution >= 4 is 27.4 Å². The van der Waals surface area contributed by atoms with E-state index in [4.69, 9.17) is 11.5 Å². The number of rotatable bonds is 4. The number of hydrogen-bond donors (Lipinski definition) is 2. The number of amides is 1. The van der Waals surface area contributed by atoms with Crippen LogP contribution in [-0.2, 0) is 9.84 Å². The van der Waals surface area contributed by atoms with Crippen LogP contribution in [0.3, 0.4) is 0 Å².